The lowest BCUT2D eigenvalue weighted by atomic mass is 9.60. The number of carboxylic acids is 1. The van der Waals surface area contributed by atoms with E-state index in [0.717, 1.165) is 16.7 Å². The molecule has 0 aromatic heterocycles. The van der Waals surface area contributed by atoms with Crippen molar-refractivity contribution in [3.05, 3.63) is 87.4 Å². The topological polar surface area (TPSA) is 67.8 Å². The number of fused-ring (bicyclic) bond motifs is 1. The molecular formula is C25H23Cl2NO4. The molecule has 0 bridgehead atoms. The molecular weight excluding hydrogens is 449 g/mol. The molecule has 2 N–H and O–H groups in total. The molecule has 1 aliphatic heterocycles. The lowest BCUT2D eigenvalue weighted by molar-refractivity contribution is -0.139. The summed E-state index contributed by atoms with van der Waals surface area (Å²) in [7, 11) is 3.20. The minimum absolute atomic E-state index is 0.371. The number of anilines is 1. The Kier molecular flexibility index (Phi) is 5.97. The van der Waals surface area contributed by atoms with Crippen molar-refractivity contribution < 1.29 is 19.4 Å². The molecule has 4 rings (SSSR count). The van der Waals surface area contributed by atoms with Crippen LogP contribution in [0.25, 0.3) is 0 Å². The van der Waals surface area contributed by atoms with Crippen LogP contribution in [0.15, 0.2) is 60.7 Å². The van der Waals surface area contributed by atoms with Gasteiger partial charge in [0.15, 0.2) is 0 Å². The first-order valence-corrected chi connectivity index (χ1v) is 10.8. The summed E-state index contributed by atoms with van der Waals surface area (Å²) in [6, 6.07) is 17.6. The van der Waals surface area contributed by atoms with E-state index in [1.165, 1.54) is 0 Å². The van der Waals surface area contributed by atoms with Gasteiger partial charge in [0, 0.05) is 32.6 Å². The minimum Gasteiger partial charge on any atom is -0.497 e. The molecule has 0 spiro atoms. The molecule has 7 heteroatoms. The largest absolute Gasteiger partial charge is 0.497 e. The van der Waals surface area contributed by atoms with Gasteiger partial charge in [-0.2, -0.15) is 0 Å². The van der Waals surface area contributed by atoms with Crippen LogP contribution in [-0.2, 0) is 10.2 Å². The highest BCUT2D eigenvalue weighted by molar-refractivity contribution is 6.35. The van der Waals surface area contributed by atoms with E-state index in [0.29, 0.717) is 27.2 Å². The molecule has 3 aromatic rings. The molecule has 3 unspecified atom stereocenters. The second kappa shape index (κ2) is 8.57. The zero-order chi connectivity index (χ0) is 23.0. The fraction of sp³-hybridized carbons (Fsp3) is 0.240. The molecule has 0 saturated heterocycles. The Morgan fingerprint density at radius 3 is 2.06 bits per heavy atom. The molecule has 5 nitrogen and oxygen atoms in total. The van der Waals surface area contributed by atoms with Gasteiger partial charge in [0.2, 0.25) is 0 Å². The maximum atomic E-state index is 12.6. The van der Waals surface area contributed by atoms with E-state index in [9.17, 15) is 9.90 Å². The fourth-order valence-corrected chi connectivity index (χ4v) is 5.28. The number of aliphatic carboxylic acids is 1. The van der Waals surface area contributed by atoms with Gasteiger partial charge in [0.25, 0.3) is 0 Å². The Bertz CT molecular complexity index is 1150. The third-order valence-corrected chi connectivity index (χ3v) is 6.82. The van der Waals surface area contributed by atoms with Crippen LogP contribution in [0.2, 0.25) is 10.0 Å². The summed E-state index contributed by atoms with van der Waals surface area (Å²) in [6.07, 6.45) is 0. The molecule has 0 amide bonds. The van der Waals surface area contributed by atoms with Crippen molar-refractivity contribution in [3.63, 3.8) is 0 Å². The molecule has 3 atom stereocenters. The number of hydrogen-bond acceptors (Lipinski definition) is 4. The Morgan fingerprint density at radius 1 is 0.969 bits per heavy atom. The van der Waals surface area contributed by atoms with Gasteiger partial charge >= 0.3 is 5.97 Å². The van der Waals surface area contributed by atoms with Gasteiger partial charge in [0.1, 0.15) is 17.5 Å². The number of carboxylic acid groups (broad SMARTS) is 1. The lowest BCUT2D eigenvalue weighted by Gasteiger charge is -2.48. The average Bonchev–Trinajstić information content (AvgIpc) is 2.79. The molecule has 0 fully saturated rings. The first-order chi connectivity index (χ1) is 15.3. The van der Waals surface area contributed by atoms with Crippen molar-refractivity contribution in [2.24, 2.45) is 0 Å². The van der Waals surface area contributed by atoms with Crippen LogP contribution in [0, 0.1) is 0 Å². The average molecular weight is 472 g/mol. The summed E-state index contributed by atoms with van der Waals surface area (Å²) >= 11 is 13.0. The van der Waals surface area contributed by atoms with E-state index in [1.54, 1.807) is 26.4 Å². The van der Waals surface area contributed by atoms with Gasteiger partial charge in [-0.3, -0.25) is 0 Å². The monoisotopic (exact) mass is 471 g/mol. The van der Waals surface area contributed by atoms with Gasteiger partial charge < -0.3 is 19.9 Å². The normalized spacial score (nSPS) is 21.9. The molecule has 3 aromatic carbocycles. The molecule has 1 aliphatic rings. The van der Waals surface area contributed by atoms with E-state index >= 15 is 0 Å². The molecule has 32 heavy (non-hydrogen) atoms. The maximum absolute atomic E-state index is 12.6. The number of hydrogen-bond donors (Lipinski definition) is 2. The van der Waals surface area contributed by atoms with E-state index < -0.39 is 17.4 Å². The van der Waals surface area contributed by atoms with Gasteiger partial charge in [-0.15, -0.1) is 0 Å². The first kappa shape index (κ1) is 22.3. The van der Waals surface area contributed by atoms with Crippen molar-refractivity contribution in [1.29, 1.82) is 0 Å². The number of benzene rings is 3. The van der Waals surface area contributed by atoms with Crippen LogP contribution in [0.5, 0.6) is 11.5 Å². The predicted octanol–water partition coefficient (Wildman–Crippen LogP) is 5.98. The van der Waals surface area contributed by atoms with Gasteiger partial charge in [0.05, 0.1) is 14.2 Å². The number of carbonyl (C=O) groups is 1. The van der Waals surface area contributed by atoms with Crippen LogP contribution in [0.3, 0.4) is 0 Å². The van der Waals surface area contributed by atoms with Crippen molar-refractivity contribution >= 4 is 34.9 Å². The second-order valence-corrected chi connectivity index (χ2v) is 8.83. The SMILES string of the molecule is COc1ccc(C2c3c(Cl)cc(Cl)cc3NC(C(=O)O)C2(C)c2ccc(OC)cc2)cc1. The molecule has 0 aliphatic carbocycles. The quantitative estimate of drug-likeness (QED) is 0.478. The molecule has 166 valence electrons. The lowest BCUT2D eigenvalue weighted by Crippen LogP contribution is -2.54. The number of ether oxygens (including phenoxy) is 2. The molecule has 0 radical (unpaired) electrons. The van der Waals surface area contributed by atoms with Crippen molar-refractivity contribution in [2.45, 2.75) is 24.3 Å². The summed E-state index contributed by atoms with van der Waals surface area (Å²) in [5, 5.41) is 14.4. The maximum Gasteiger partial charge on any atom is 0.327 e. The standard InChI is InChI=1S/C25H23Cl2NO4/c1-25(15-6-10-18(32-3)11-7-15)22(14-4-8-17(31-2)9-5-14)21-19(27)12-16(26)13-20(21)28-23(25)24(29)30/h4-13,22-23,28H,1-3H3,(H,29,30). The summed E-state index contributed by atoms with van der Waals surface area (Å²) in [4.78, 5) is 12.6. The van der Waals surface area contributed by atoms with Crippen molar-refractivity contribution in [3.8, 4) is 11.5 Å². The summed E-state index contributed by atoms with van der Waals surface area (Å²) < 4.78 is 10.6. The zero-order valence-electron chi connectivity index (χ0n) is 17.9. The van der Waals surface area contributed by atoms with Crippen molar-refractivity contribution in [1.82, 2.24) is 0 Å². The number of methoxy groups -OCH3 is 2. The number of rotatable bonds is 5. The Hall–Kier alpha value is -2.89. The first-order valence-electron chi connectivity index (χ1n) is 10.1. The van der Waals surface area contributed by atoms with Gasteiger partial charge in [-0.25, -0.2) is 4.79 Å². The zero-order valence-corrected chi connectivity index (χ0v) is 19.4. The van der Waals surface area contributed by atoms with Crippen molar-refractivity contribution in [2.75, 3.05) is 19.5 Å². The highest BCUT2D eigenvalue weighted by Crippen LogP contribution is 2.54. The smallest absolute Gasteiger partial charge is 0.327 e. The highest BCUT2D eigenvalue weighted by atomic mass is 35.5. The summed E-state index contributed by atoms with van der Waals surface area (Å²) in [5.41, 5.74) is 2.29. The number of halogens is 2. The summed E-state index contributed by atoms with van der Waals surface area (Å²) in [5.74, 6) is 0.0674. The van der Waals surface area contributed by atoms with E-state index in [1.807, 2.05) is 55.5 Å². The summed E-state index contributed by atoms with van der Waals surface area (Å²) in [6.45, 7) is 1.95. The van der Waals surface area contributed by atoms with Crippen LogP contribution in [0.1, 0.15) is 29.5 Å². The van der Waals surface area contributed by atoms with Gasteiger partial charge in [-0.05, 0) is 47.5 Å². The third-order valence-electron chi connectivity index (χ3n) is 6.29. The van der Waals surface area contributed by atoms with Crippen LogP contribution in [0.4, 0.5) is 5.69 Å². The minimum atomic E-state index is -0.969. The van der Waals surface area contributed by atoms with Crippen LogP contribution < -0.4 is 14.8 Å². The Labute approximate surface area is 196 Å². The Balaban J connectivity index is 2.02. The van der Waals surface area contributed by atoms with E-state index in [4.69, 9.17) is 32.7 Å². The fourth-order valence-electron chi connectivity index (χ4n) is 4.68. The third kappa shape index (κ3) is 3.65. The predicted molar refractivity (Wildman–Crippen MR) is 127 cm³/mol. The molecule has 1 heterocycles. The van der Waals surface area contributed by atoms with Crippen LogP contribution in [-0.4, -0.2) is 31.3 Å². The second-order valence-electron chi connectivity index (χ2n) is 7.98. The van der Waals surface area contributed by atoms with E-state index in [2.05, 4.69) is 5.32 Å². The number of nitrogens with one attached hydrogen (secondary N) is 1. The van der Waals surface area contributed by atoms with Gasteiger partial charge in [-0.1, -0.05) is 54.4 Å². The van der Waals surface area contributed by atoms with E-state index in [-0.39, 0.29) is 5.92 Å². The highest BCUT2D eigenvalue weighted by Gasteiger charge is 2.52. The molecule has 0 saturated carbocycles. The van der Waals surface area contributed by atoms with Crippen LogP contribution >= 0.6 is 23.2 Å². The Morgan fingerprint density at radius 2 is 1.53 bits per heavy atom.